The third-order valence-corrected chi connectivity index (χ3v) is 3.15. The number of rotatable bonds is 7. The molecule has 4 heteroatoms. The minimum absolute atomic E-state index is 0.400. The second-order valence-electron chi connectivity index (χ2n) is 4.60. The van der Waals surface area contributed by atoms with Gasteiger partial charge >= 0.3 is 0 Å². The number of benzene rings is 2. The van der Waals surface area contributed by atoms with Crippen LogP contribution in [0.3, 0.4) is 0 Å². The number of hydrogen-bond acceptors (Lipinski definition) is 4. The van der Waals surface area contributed by atoms with Crippen molar-refractivity contribution in [2.24, 2.45) is 0 Å². The van der Waals surface area contributed by atoms with Crippen molar-refractivity contribution in [2.45, 2.75) is 13.0 Å². The highest BCUT2D eigenvalue weighted by molar-refractivity contribution is 5.56. The Bertz CT molecular complexity index is 571. The number of methoxy groups -OCH3 is 1. The summed E-state index contributed by atoms with van der Waals surface area (Å²) in [7, 11) is 1.61. The van der Waals surface area contributed by atoms with Gasteiger partial charge in [-0.1, -0.05) is 24.3 Å². The Morgan fingerprint density at radius 3 is 2.71 bits per heavy atom. The van der Waals surface area contributed by atoms with Crippen LogP contribution < -0.4 is 14.8 Å². The maximum atomic E-state index is 10.3. The lowest BCUT2D eigenvalue weighted by Gasteiger charge is -2.16. The highest BCUT2D eigenvalue weighted by Crippen LogP contribution is 2.25. The van der Waals surface area contributed by atoms with Crippen LogP contribution in [0.15, 0.2) is 48.5 Å². The standard InChI is InChI=1S/C17H21NO3/c1-3-21-17-10-5-4-9-15(17)18-12-16(19)13-7-6-8-14(11-13)20-2/h4-11,16,18-19H,3,12H2,1-2H3. The lowest BCUT2D eigenvalue weighted by molar-refractivity contribution is 0.191. The van der Waals surface area contributed by atoms with Gasteiger partial charge in [0.05, 0.1) is 25.5 Å². The highest BCUT2D eigenvalue weighted by Gasteiger charge is 2.10. The fraction of sp³-hybridized carbons (Fsp3) is 0.294. The average molecular weight is 287 g/mol. The van der Waals surface area contributed by atoms with Crippen molar-refractivity contribution in [3.05, 3.63) is 54.1 Å². The first-order valence-electron chi connectivity index (χ1n) is 7.02. The van der Waals surface area contributed by atoms with Gasteiger partial charge in [0, 0.05) is 6.54 Å². The Morgan fingerprint density at radius 1 is 1.14 bits per heavy atom. The van der Waals surface area contributed by atoms with Crippen molar-refractivity contribution in [1.29, 1.82) is 0 Å². The Kier molecular flexibility index (Phi) is 5.46. The molecule has 2 rings (SSSR count). The first-order valence-corrected chi connectivity index (χ1v) is 7.02. The molecule has 0 amide bonds. The number of para-hydroxylation sites is 2. The third-order valence-electron chi connectivity index (χ3n) is 3.15. The summed E-state index contributed by atoms with van der Waals surface area (Å²) < 4.78 is 10.7. The molecule has 0 aromatic heterocycles. The van der Waals surface area contributed by atoms with Gasteiger partial charge in [0.15, 0.2) is 0 Å². The Morgan fingerprint density at radius 2 is 1.95 bits per heavy atom. The van der Waals surface area contributed by atoms with Gasteiger partial charge in [-0.2, -0.15) is 0 Å². The van der Waals surface area contributed by atoms with E-state index < -0.39 is 6.10 Å². The Labute approximate surface area is 125 Å². The zero-order valence-corrected chi connectivity index (χ0v) is 12.4. The molecular weight excluding hydrogens is 266 g/mol. The molecule has 1 unspecified atom stereocenters. The first kappa shape index (κ1) is 15.2. The lowest BCUT2D eigenvalue weighted by atomic mass is 10.1. The molecule has 0 aliphatic rings. The smallest absolute Gasteiger partial charge is 0.142 e. The summed E-state index contributed by atoms with van der Waals surface area (Å²) in [6, 6.07) is 15.1. The van der Waals surface area contributed by atoms with E-state index in [0.717, 1.165) is 22.7 Å². The molecule has 0 spiro atoms. The quantitative estimate of drug-likeness (QED) is 0.821. The van der Waals surface area contributed by atoms with Gasteiger partial charge < -0.3 is 19.9 Å². The molecule has 0 saturated carbocycles. The molecule has 4 nitrogen and oxygen atoms in total. The number of nitrogens with one attached hydrogen (secondary N) is 1. The van der Waals surface area contributed by atoms with E-state index in [0.29, 0.717) is 13.2 Å². The van der Waals surface area contributed by atoms with E-state index in [2.05, 4.69) is 5.32 Å². The molecule has 2 aromatic rings. The molecule has 0 aliphatic heterocycles. The molecule has 0 bridgehead atoms. The summed E-state index contributed by atoms with van der Waals surface area (Å²) in [5.74, 6) is 1.53. The van der Waals surface area contributed by atoms with Gasteiger partial charge in [-0.05, 0) is 36.8 Å². The number of hydrogen-bond donors (Lipinski definition) is 2. The molecule has 21 heavy (non-hydrogen) atoms. The number of anilines is 1. The summed E-state index contributed by atoms with van der Waals surface area (Å²) in [6.07, 6.45) is -0.616. The topological polar surface area (TPSA) is 50.7 Å². The van der Waals surface area contributed by atoms with E-state index in [1.54, 1.807) is 7.11 Å². The van der Waals surface area contributed by atoms with Gasteiger partial charge in [0.2, 0.25) is 0 Å². The van der Waals surface area contributed by atoms with E-state index in [1.165, 1.54) is 0 Å². The van der Waals surface area contributed by atoms with Crippen LogP contribution >= 0.6 is 0 Å². The predicted molar refractivity (Wildman–Crippen MR) is 84.1 cm³/mol. The molecule has 0 saturated heterocycles. The first-order chi connectivity index (χ1) is 10.2. The van der Waals surface area contributed by atoms with Crippen LogP contribution in [0.1, 0.15) is 18.6 Å². The van der Waals surface area contributed by atoms with E-state index >= 15 is 0 Å². The van der Waals surface area contributed by atoms with E-state index in [-0.39, 0.29) is 0 Å². The fourth-order valence-electron chi connectivity index (χ4n) is 2.07. The molecule has 112 valence electrons. The molecule has 1 atom stereocenters. The second kappa shape index (κ2) is 7.55. The van der Waals surface area contributed by atoms with Crippen LogP contribution in [0.4, 0.5) is 5.69 Å². The van der Waals surface area contributed by atoms with Crippen molar-refractivity contribution < 1.29 is 14.6 Å². The van der Waals surface area contributed by atoms with Crippen molar-refractivity contribution >= 4 is 5.69 Å². The van der Waals surface area contributed by atoms with Crippen molar-refractivity contribution in [3.8, 4) is 11.5 Å². The Hall–Kier alpha value is -2.20. The summed E-state index contributed by atoms with van der Waals surface area (Å²) in [4.78, 5) is 0. The van der Waals surface area contributed by atoms with Gasteiger partial charge in [-0.3, -0.25) is 0 Å². The second-order valence-corrected chi connectivity index (χ2v) is 4.60. The summed E-state index contributed by atoms with van der Waals surface area (Å²) in [5.41, 5.74) is 1.69. The molecule has 0 heterocycles. The monoisotopic (exact) mass is 287 g/mol. The molecule has 0 aliphatic carbocycles. The van der Waals surface area contributed by atoms with E-state index in [9.17, 15) is 5.11 Å². The molecular formula is C17H21NO3. The number of aliphatic hydroxyl groups excluding tert-OH is 1. The van der Waals surface area contributed by atoms with Crippen LogP contribution in [0, 0.1) is 0 Å². The normalized spacial score (nSPS) is 11.8. The summed E-state index contributed by atoms with van der Waals surface area (Å²) >= 11 is 0. The zero-order chi connectivity index (χ0) is 15.1. The number of ether oxygens (including phenoxy) is 2. The van der Waals surface area contributed by atoms with Crippen LogP contribution in [0.25, 0.3) is 0 Å². The van der Waals surface area contributed by atoms with Crippen LogP contribution in [0.5, 0.6) is 11.5 Å². The maximum Gasteiger partial charge on any atom is 0.142 e. The van der Waals surface area contributed by atoms with Crippen molar-refractivity contribution in [3.63, 3.8) is 0 Å². The fourth-order valence-corrected chi connectivity index (χ4v) is 2.07. The molecule has 2 aromatic carbocycles. The highest BCUT2D eigenvalue weighted by atomic mass is 16.5. The van der Waals surface area contributed by atoms with E-state index in [4.69, 9.17) is 9.47 Å². The molecule has 2 N–H and O–H groups in total. The maximum absolute atomic E-state index is 10.3. The van der Waals surface area contributed by atoms with E-state index in [1.807, 2.05) is 55.5 Å². The van der Waals surface area contributed by atoms with Crippen molar-refractivity contribution in [1.82, 2.24) is 0 Å². The van der Waals surface area contributed by atoms with Crippen LogP contribution in [-0.4, -0.2) is 25.4 Å². The molecule has 0 radical (unpaired) electrons. The summed E-state index contributed by atoms with van der Waals surface area (Å²) in [6.45, 7) is 2.95. The van der Waals surface area contributed by atoms with Gasteiger partial charge in [0.25, 0.3) is 0 Å². The minimum Gasteiger partial charge on any atom is -0.497 e. The largest absolute Gasteiger partial charge is 0.497 e. The van der Waals surface area contributed by atoms with Crippen LogP contribution in [-0.2, 0) is 0 Å². The lowest BCUT2D eigenvalue weighted by Crippen LogP contribution is -2.13. The summed E-state index contributed by atoms with van der Waals surface area (Å²) in [5, 5.41) is 13.5. The zero-order valence-electron chi connectivity index (χ0n) is 12.4. The minimum atomic E-state index is -0.616. The average Bonchev–Trinajstić information content (AvgIpc) is 2.54. The number of aliphatic hydroxyl groups is 1. The Balaban J connectivity index is 2.02. The molecule has 0 fully saturated rings. The van der Waals surface area contributed by atoms with Gasteiger partial charge in [0.1, 0.15) is 11.5 Å². The van der Waals surface area contributed by atoms with Crippen LogP contribution in [0.2, 0.25) is 0 Å². The van der Waals surface area contributed by atoms with Crippen molar-refractivity contribution in [2.75, 3.05) is 25.6 Å². The SMILES string of the molecule is CCOc1ccccc1NCC(O)c1cccc(OC)c1. The third kappa shape index (κ3) is 4.13. The van der Waals surface area contributed by atoms with Gasteiger partial charge in [-0.15, -0.1) is 0 Å². The van der Waals surface area contributed by atoms with Gasteiger partial charge in [-0.25, -0.2) is 0 Å². The predicted octanol–water partition coefficient (Wildman–Crippen LogP) is 3.24.